The molecule has 2 aromatic rings. The molecular formula is C13H11BrFN3O2. The number of para-hydroxylation sites is 1. The van der Waals surface area contributed by atoms with E-state index in [0.29, 0.717) is 11.3 Å². The largest absolute Gasteiger partial charge is 0.393 e. The maximum absolute atomic E-state index is 13.4. The van der Waals surface area contributed by atoms with Crippen molar-refractivity contribution in [3.63, 3.8) is 0 Å². The van der Waals surface area contributed by atoms with Gasteiger partial charge in [-0.25, -0.2) is 4.39 Å². The van der Waals surface area contributed by atoms with Gasteiger partial charge < -0.3 is 11.1 Å². The molecule has 7 heteroatoms. The topological polar surface area (TPSA) is 81.2 Å². The number of aryl methyl sites for hydroxylation is 1. The number of nitrogens with zero attached hydrogens (tertiary/aromatic N) is 1. The average Bonchev–Trinajstić information content (AvgIpc) is 2.35. The summed E-state index contributed by atoms with van der Waals surface area (Å²) >= 11 is 3.08. The second-order valence-electron chi connectivity index (χ2n) is 4.21. The van der Waals surface area contributed by atoms with E-state index in [2.05, 4.69) is 21.2 Å². The third kappa shape index (κ3) is 2.72. The van der Waals surface area contributed by atoms with Crippen molar-refractivity contribution in [1.29, 1.82) is 0 Å². The molecule has 2 rings (SSSR count). The number of nitro benzene ring substituents is 1. The third-order valence-corrected chi connectivity index (χ3v) is 3.39. The number of hydrogen-bond acceptors (Lipinski definition) is 4. The predicted octanol–water partition coefficient (Wildman–Crippen LogP) is 4.13. The number of halogens is 2. The average molecular weight is 340 g/mol. The molecule has 0 aliphatic carbocycles. The molecule has 0 heterocycles. The van der Waals surface area contributed by atoms with Crippen LogP contribution >= 0.6 is 15.9 Å². The fraction of sp³-hybridized carbons (Fsp3) is 0.0769. The minimum Gasteiger partial charge on any atom is -0.393 e. The lowest BCUT2D eigenvalue weighted by Crippen LogP contribution is -2.02. The van der Waals surface area contributed by atoms with Crippen LogP contribution in [-0.4, -0.2) is 4.92 Å². The van der Waals surface area contributed by atoms with Gasteiger partial charge in [0.1, 0.15) is 17.2 Å². The van der Waals surface area contributed by atoms with Gasteiger partial charge >= 0.3 is 5.69 Å². The third-order valence-electron chi connectivity index (χ3n) is 2.79. The Bertz CT molecular complexity index is 692. The van der Waals surface area contributed by atoms with E-state index in [-0.39, 0.29) is 21.5 Å². The van der Waals surface area contributed by atoms with Crippen molar-refractivity contribution < 1.29 is 9.31 Å². The first-order chi connectivity index (χ1) is 9.40. The second kappa shape index (κ2) is 5.46. The lowest BCUT2D eigenvalue weighted by molar-refractivity contribution is -0.383. The number of anilines is 3. The van der Waals surface area contributed by atoms with Crippen LogP contribution in [0.4, 0.5) is 27.1 Å². The van der Waals surface area contributed by atoms with Crippen LogP contribution in [0.25, 0.3) is 0 Å². The number of nitro groups is 1. The van der Waals surface area contributed by atoms with Gasteiger partial charge in [-0.2, -0.15) is 0 Å². The maximum atomic E-state index is 13.4. The minimum atomic E-state index is -0.550. The maximum Gasteiger partial charge on any atom is 0.315 e. The van der Waals surface area contributed by atoms with Crippen LogP contribution in [0.5, 0.6) is 0 Å². The summed E-state index contributed by atoms with van der Waals surface area (Å²) in [6, 6.07) is 7.47. The second-order valence-corrected chi connectivity index (χ2v) is 5.06. The molecule has 0 radical (unpaired) electrons. The highest BCUT2D eigenvalue weighted by Crippen LogP contribution is 2.34. The Balaban J connectivity index is 2.48. The molecule has 0 aliphatic rings. The summed E-state index contributed by atoms with van der Waals surface area (Å²) in [5.74, 6) is -0.393. The van der Waals surface area contributed by atoms with Gasteiger partial charge in [0.15, 0.2) is 0 Å². The molecule has 0 saturated carbocycles. The summed E-state index contributed by atoms with van der Waals surface area (Å²) in [6.07, 6.45) is 0. The summed E-state index contributed by atoms with van der Waals surface area (Å²) in [5, 5.41) is 14.0. The van der Waals surface area contributed by atoms with Gasteiger partial charge in [-0.15, -0.1) is 0 Å². The normalized spacial score (nSPS) is 10.3. The highest BCUT2D eigenvalue weighted by molar-refractivity contribution is 9.10. The first-order valence-electron chi connectivity index (χ1n) is 5.65. The molecule has 0 spiro atoms. The smallest absolute Gasteiger partial charge is 0.315 e. The molecule has 0 atom stereocenters. The van der Waals surface area contributed by atoms with E-state index in [9.17, 15) is 14.5 Å². The van der Waals surface area contributed by atoms with Crippen LogP contribution < -0.4 is 11.1 Å². The first-order valence-corrected chi connectivity index (χ1v) is 6.45. The van der Waals surface area contributed by atoms with Crippen LogP contribution in [0.15, 0.2) is 34.8 Å². The van der Waals surface area contributed by atoms with Crippen LogP contribution in [0.2, 0.25) is 0 Å². The lowest BCUT2D eigenvalue weighted by atomic mass is 10.1. The molecule has 0 aromatic heterocycles. The number of benzene rings is 2. The predicted molar refractivity (Wildman–Crippen MR) is 79.6 cm³/mol. The summed E-state index contributed by atoms with van der Waals surface area (Å²) in [4.78, 5) is 10.5. The molecule has 20 heavy (non-hydrogen) atoms. The van der Waals surface area contributed by atoms with Crippen LogP contribution in [0.1, 0.15) is 5.56 Å². The molecule has 0 fully saturated rings. The number of hydrogen-bond donors (Lipinski definition) is 2. The van der Waals surface area contributed by atoms with E-state index in [0.717, 1.165) is 0 Å². The Kier molecular flexibility index (Phi) is 3.89. The molecule has 0 aliphatic heterocycles. The van der Waals surface area contributed by atoms with Crippen molar-refractivity contribution in [2.75, 3.05) is 11.1 Å². The molecule has 104 valence electrons. The highest BCUT2D eigenvalue weighted by Gasteiger charge is 2.18. The zero-order valence-electron chi connectivity index (χ0n) is 10.5. The van der Waals surface area contributed by atoms with Crippen molar-refractivity contribution in [3.05, 3.63) is 56.3 Å². The Labute approximate surface area is 122 Å². The monoisotopic (exact) mass is 339 g/mol. The van der Waals surface area contributed by atoms with Crippen molar-refractivity contribution in [2.45, 2.75) is 6.92 Å². The van der Waals surface area contributed by atoms with Gasteiger partial charge in [0, 0.05) is 5.69 Å². The lowest BCUT2D eigenvalue weighted by Gasteiger charge is -2.11. The number of nitrogens with two attached hydrogens (primary N) is 1. The summed E-state index contributed by atoms with van der Waals surface area (Å²) in [7, 11) is 0. The zero-order valence-corrected chi connectivity index (χ0v) is 12.1. The Morgan fingerprint density at radius 3 is 2.70 bits per heavy atom. The van der Waals surface area contributed by atoms with Crippen LogP contribution in [0, 0.1) is 22.9 Å². The highest BCUT2D eigenvalue weighted by atomic mass is 79.9. The molecule has 0 saturated heterocycles. The van der Waals surface area contributed by atoms with Gasteiger partial charge in [0.2, 0.25) is 0 Å². The van der Waals surface area contributed by atoms with E-state index < -0.39 is 10.7 Å². The summed E-state index contributed by atoms with van der Waals surface area (Å²) < 4.78 is 13.6. The van der Waals surface area contributed by atoms with Crippen molar-refractivity contribution >= 4 is 38.7 Å². The van der Waals surface area contributed by atoms with E-state index in [1.165, 1.54) is 18.2 Å². The first kappa shape index (κ1) is 14.3. The number of nitrogen functional groups attached to an aromatic ring is 1. The van der Waals surface area contributed by atoms with Crippen LogP contribution in [-0.2, 0) is 0 Å². The molecule has 2 aromatic carbocycles. The van der Waals surface area contributed by atoms with Gasteiger partial charge in [0.05, 0.1) is 9.40 Å². The molecule has 0 amide bonds. The Morgan fingerprint density at radius 1 is 1.35 bits per heavy atom. The summed E-state index contributed by atoms with van der Waals surface area (Å²) in [6.45, 7) is 1.70. The van der Waals surface area contributed by atoms with Gasteiger partial charge in [0.25, 0.3) is 0 Å². The van der Waals surface area contributed by atoms with Crippen molar-refractivity contribution in [2.24, 2.45) is 0 Å². The number of nitrogens with one attached hydrogen (secondary N) is 1. The van der Waals surface area contributed by atoms with Gasteiger partial charge in [-0.3, -0.25) is 10.1 Å². The fourth-order valence-corrected chi connectivity index (χ4v) is 2.14. The van der Waals surface area contributed by atoms with Gasteiger partial charge in [-0.05, 0) is 52.7 Å². The quantitative estimate of drug-likeness (QED) is 0.500. The fourth-order valence-electron chi connectivity index (χ4n) is 1.79. The number of rotatable bonds is 3. The standard InChI is InChI=1S/C13H11BrFN3O2/c1-7-5-9(15)8(14)6-12(7)17-11-4-2-3-10(16)13(11)18(19)20/h2-6,17H,16H2,1H3. The van der Waals surface area contributed by atoms with E-state index in [1.807, 2.05) is 0 Å². The SMILES string of the molecule is Cc1cc(F)c(Br)cc1Nc1cccc(N)c1[N+](=O)[O-]. The molecular weight excluding hydrogens is 329 g/mol. The van der Waals surface area contributed by atoms with Crippen LogP contribution in [0.3, 0.4) is 0 Å². The van der Waals surface area contributed by atoms with Crippen molar-refractivity contribution in [1.82, 2.24) is 0 Å². The minimum absolute atomic E-state index is 0.0684. The van der Waals surface area contributed by atoms with Crippen molar-refractivity contribution in [3.8, 4) is 0 Å². The van der Waals surface area contributed by atoms with E-state index >= 15 is 0 Å². The molecule has 3 N–H and O–H groups in total. The molecule has 0 bridgehead atoms. The Morgan fingerprint density at radius 2 is 2.05 bits per heavy atom. The molecule has 5 nitrogen and oxygen atoms in total. The zero-order chi connectivity index (χ0) is 14.9. The summed E-state index contributed by atoms with van der Waals surface area (Å²) in [5.41, 5.74) is 6.93. The van der Waals surface area contributed by atoms with E-state index in [4.69, 9.17) is 5.73 Å². The van der Waals surface area contributed by atoms with Gasteiger partial charge in [-0.1, -0.05) is 6.07 Å². The van der Waals surface area contributed by atoms with E-state index in [1.54, 1.807) is 19.1 Å². The Hall–Kier alpha value is -2.15. The molecule has 0 unspecified atom stereocenters.